The molecule has 0 bridgehead atoms. The Balaban J connectivity index is 1.83. The Morgan fingerprint density at radius 1 is 1.05 bits per heavy atom. The van der Waals surface area contributed by atoms with Gasteiger partial charge in [0.2, 0.25) is 0 Å². The van der Waals surface area contributed by atoms with Crippen molar-refractivity contribution in [1.82, 2.24) is 4.98 Å². The quantitative estimate of drug-likeness (QED) is 0.576. The summed E-state index contributed by atoms with van der Waals surface area (Å²) in [5.41, 5.74) is 2.05. The van der Waals surface area contributed by atoms with E-state index in [0.29, 0.717) is 12.4 Å². The van der Waals surface area contributed by atoms with Gasteiger partial charge in [0.05, 0.1) is 15.1 Å². The largest absolute Gasteiger partial charge is 0.487 e. The third kappa shape index (κ3) is 3.36. The first-order valence-electron chi connectivity index (χ1n) is 6.28. The van der Waals surface area contributed by atoms with E-state index in [-0.39, 0.29) is 0 Å². The molecule has 0 saturated carbocycles. The zero-order valence-corrected chi connectivity index (χ0v) is 14.1. The smallest absolute Gasteiger partial charge is 0.181 e. The second-order valence-electron chi connectivity index (χ2n) is 4.41. The number of halogens is 2. The predicted molar refractivity (Wildman–Crippen MR) is 88.1 cm³/mol. The molecule has 21 heavy (non-hydrogen) atoms. The number of ether oxygens (including phenoxy) is 1. The average Bonchev–Trinajstić information content (AvgIpc) is 3.01. The number of oxazole rings is 1. The molecule has 3 nitrogen and oxygen atoms in total. The van der Waals surface area contributed by atoms with Crippen LogP contribution in [0.15, 0.2) is 68.4 Å². The Labute approximate surface area is 139 Å². The molecular weight excluding hydrogens is 398 g/mol. The minimum atomic E-state index is 0.514. The van der Waals surface area contributed by atoms with E-state index in [1.807, 2.05) is 42.5 Å². The second-order valence-corrected chi connectivity index (χ2v) is 6.12. The van der Waals surface area contributed by atoms with Gasteiger partial charge in [-0.05, 0) is 49.6 Å². The van der Waals surface area contributed by atoms with Crippen LogP contribution in [0.2, 0.25) is 0 Å². The van der Waals surface area contributed by atoms with E-state index in [0.717, 1.165) is 25.8 Å². The van der Waals surface area contributed by atoms with Crippen LogP contribution in [-0.4, -0.2) is 4.98 Å². The first kappa shape index (κ1) is 14.4. The molecule has 2 aromatic carbocycles. The molecule has 0 saturated heterocycles. The van der Waals surface area contributed by atoms with Gasteiger partial charge in [0.1, 0.15) is 12.4 Å². The van der Waals surface area contributed by atoms with E-state index in [4.69, 9.17) is 9.15 Å². The van der Waals surface area contributed by atoms with Gasteiger partial charge in [0, 0.05) is 5.56 Å². The topological polar surface area (TPSA) is 35.3 Å². The van der Waals surface area contributed by atoms with Crippen molar-refractivity contribution in [1.29, 1.82) is 0 Å². The fraction of sp³-hybridized carbons (Fsp3) is 0.0625. The summed E-state index contributed by atoms with van der Waals surface area (Å²) in [6.07, 6.45) is 3.09. The molecule has 0 amide bonds. The van der Waals surface area contributed by atoms with Gasteiger partial charge in [-0.25, -0.2) is 4.98 Å². The number of aromatic nitrogens is 1. The number of hydrogen-bond donors (Lipinski definition) is 0. The van der Waals surface area contributed by atoms with Crippen LogP contribution in [0.4, 0.5) is 0 Å². The monoisotopic (exact) mass is 407 g/mol. The van der Waals surface area contributed by atoms with Crippen LogP contribution in [0.25, 0.3) is 11.3 Å². The minimum absolute atomic E-state index is 0.514. The molecule has 0 radical (unpaired) electrons. The number of benzene rings is 2. The first-order chi connectivity index (χ1) is 10.2. The van der Waals surface area contributed by atoms with E-state index in [9.17, 15) is 0 Å². The molecule has 0 N–H and O–H groups in total. The molecule has 5 heteroatoms. The number of hydrogen-bond acceptors (Lipinski definition) is 3. The molecule has 0 fully saturated rings. The van der Waals surface area contributed by atoms with Crippen molar-refractivity contribution in [2.24, 2.45) is 0 Å². The van der Waals surface area contributed by atoms with Gasteiger partial charge < -0.3 is 9.15 Å². The van der Waals surface area contributed by atoms with Crippen molar-refractivity contribution in [3.05, 3.63) is 69.6 Å². The minimum Gasteiger partial charge on any atom is -0.487 e. The maximum Gasteiger partial charge on any atom is 0.181 e. The van der Waals surface area contributed by atoms with Crippen molar-refractivity contribution < 1.29 is 9.15 Å². The normalized spacial score (nSPS) is 10.6. The predicted octanol–water partition coefficient (Wildman–Crippen LogP) is 5.45. The highest BCUT2D eigenvalue weighted by atomic mass is 79.9. The number of nitrogens with zero attached hydrogens (tertiary/aromatic N) is 1. The first-order valence-corrected chi connectivity index (χ1v) is 7.87. The van der Waals surface area contributed by atoms with Gasteiger partial charge in [-0.3, -0.25) is 0 Å². The molecule has 106 valence electrons. The van der Waals surface area contributed by atoms with Crippen LogP contribution in [0.1, 0.15) is 5.56 Å². The fourth-order valence-electron chi connectivity index (χ4n) is 1.93. The standard InChI is InChI=1S/C16H11Br2NO2/c17-13-6-12(15-8-19-10-21-15)7-14(18)16(13)20-9-11-4-2-1-3-5-11/h1-8,10H,9H2. The highest BCUT2D eigenvalue weighted by molar-refractivity contribution is 9.11. The SMILES string of the molecule is Brc1cc(-c2cnco2)cc(Br)c1OCc1ccccc1. The lowest BCUT2D eigenvalue weighted by atomic mass is 10.2. The van der Waals surface area contributed by atoms with Crippen molar-refractivity contribution in [3.8, 4) is 17.1 Å². The molecule has 0 atom stereocenters. The van der Waals surface area contributed by atoms with E-state index >= 15 is 0 Å². The highest BCUT2D eigenvalue weighted by Crippen LogP contribution is 2.38. The Hall–Kier alpha value is -1.59. The summed E-state index contributed by atoms with van der Waals surface area (Å²) in [7, 11) is 0. The molecule has 3 aromatic rings. The molecule has 0 spiro atoms. The lowest BCUT2D eigenvalue weighted by Crippen LogP contribution is -1.97. The highest BCUT2D eigenvalue weighted by Gasteiger charge is 2.12. The lowest BCUT2D eigenvalue weighted by molar-refractivity contribution is 0.302. The lowest BCUT2D eigenvalue weighted by Gasteiger charge is -2.11. The Kier molecular flexibility index (Phi) is 4.41. The molecular formula is C16H11Br2NO2. The summed E-state index contributed by atoms with van der Waals surface area (Å²) in [5.74, 6) is 1.48. The van der Waals surface area contributed by atoms with Crippen LogP contribution in [0.5, 0.6) is 5.75 Å². The van der Waals surface area contributed by atoms with E-state index < -0.39 is 0 Å². The van der Waals surface area contributed by atoms with Gasteiger partial charge in [-0.1, -0.05) is 30.3 Å². The fourth-order valence-corrected chi connectivity index (χ4v) is 3.34. The Bertz CT molecular complexity index is 704. The van der Waals surface area contributed by atoms with E-state index in [2.05, 4.69) is 36.8 Å². The van der Waals surface area contributed by atoms with Crippen LogP contribution in [0, 0.1) is 0 Å². The summed E-state index contributed by atoms with van der Waals surface area (Å²) in [4.78, 5) is 3.93. The van der Waals surface area contributed by atoms with Crippen LogP contribution >= 0.6 is 31.9 Å². The zero-order valence-electron chi connectivity index (χ0n) is 10.9. The van der Waals surface area contributed by atoms with Crippen LogP contribution in [0.3, 0.4) is 0 Å². The summed E-state index contributed by atoms with van der Waals surface area (Å²) in [6, 6.07) is 13.9. The van der Waals surface area contributed by atoms with Crippen molar-refractivity contribution in [2.75, 3.05) is 0 Å². The maximum atomic E-state index is 5.89. The summed E-state index contributed by atoms with van der Waals surface area (Å²) < 4.78 is 12.9. The molecule has 1 heterocycles. The van der Waals surface area contributed by atoms with Crippen molar-refractivity contribution in [3.63, 3.8) is 0 Å². The maximum absolute atomic E-state index is 5.89. The van der Waals surface area contributed by atoms with Crippen LogP contribution in [-0.2, 0) is 6.61 Å². The van der Waals surface area contributed by atoms with E-state index in [1.165, 1.54) is 6.39 Å². The molecule has 0 unspecified atom stereocenters. The zero-order chi connectivity index (χ0) is 14.7. The van der Waals surface area contributed by atoms with Crippen LogP contribution < -0.4 is 4.74 Å². The number of rotatable bonds is 4. The second kappa shape index (κ2) is 6.45. The van der Waals surface area contributed by atoms with Gasteiger partial charge in [0.25, 0.3) is 0 Å². The van der Waals surface area contributed by atoms with Gasteiger partial charge >= 0.3 is 0 Å². The average molecular weight is 409 g/mol. The molecule has 0 aliphatic rings. The summed E-state index contributed by atoms with van der Waals surface area (Å²) in [5, 5.41) is 0. The molecule has 0 aliphatic heterocycles. The summed E-state index contributed by atoms with van der Waals surface area (Å²) in [6.45, 7) is 0.514. The molecule has 3 rings (SSSR count). The summed E-state index contributed by atoms with van der Waals surface area (Å²) >= 11 is 7.08. The Morgan fingerprint density at radius 3 is 2.38 bits per heavy atom. The van der Waals surface area contributed by atoms with Crippen molar-refractivity contribution in [2.45, 2.75) is 6.61 Å². The Morgan fingerprint density at radius 2 is 1.76 bits per heavy atom. The van der Waals surface area contributed by atoms with Crippen molar-refractivity contribution >= 4 is 31.9 Å². The van der Waals surface area contributed by atoms with Gasteiger partial charge in [-0.2, -0.15) is 0 Å². The van der Waals surface area contributed by atoms with Gasteiger partial charge in [-0.15, -0.1) is 0 Å². The molecule has 0 aliphatic carbocycles. The third-order valence-corrected chi connectivity index (χ3v) is 4.12. The van der Waals surface area contributed by atoms with Gasteiger partial charge in [0.15, 0.2) is 12.2 Å². The molecule has 1 aromatic heterocycles. The third-order valence-electron chi connectivity index (χ3n) is 2.94. The van der Waals surface area contributed by atoms with E-state index in [1.54, 1.807) is 6.20 Å².